The van der Waals surface area contributed by atoms with Gasteiger partial charge in [-0.15, -0.1) is 11.8 Å². The highest BCUT2D eigenvalue weighted by Gasteiger charge is 2.50. The number of hydrogen-bond acceptors (Lipinski definition) is 3. The Hall–Kier alpha value is -1.49. The lowest BCUT2D eigenvalue weighted by molar-refractivity contribution is -0.128. The largest absolute Gasteiger partial charge is 0.369 e. The Bertz CT molecular complexity index is 602. The van der Waals surface area contributed by atoms with Crippen molar-refractivity contribution in [2.24, 2.45) is 23.3 Å². The number of rotatable bonds is 4. The zero-order valence-corrected chi connectivity index (χ0v) is 14.2. The number of amides is 2. The molecule has 4 N–H and O–H groups in total. The molecule has 0 heterocycles. The van der Waals surface area contributed by atoms with Gasteiger partial charge in [-0.05, 0) is 42.2 Å². The summed E-state index contributed by atoms with van der Waals surface area (Å²) in [7, 11) is 0. The van der Waals surface area contributed by atoms with Crippen LogP contribution in [-0.2, 0) is 10.2 Å². The lowest BCUT2D eigenvalue weighted by Crippen LogP contribution is -2.51. The molecule has 0 aromatic heterocycles. The number of benzene rings is 1. The van der Waals surface area contributed by atoms with Crippen LogP contribution in [0.2, 0.25) is 0 Å². The van der Waals surface area contributed by atoms with Gasteiger partial charge in [-0.25, -0.2) is 0 Å². The van der Waals surface area contributed by atoms with E-state index in [0.29, 0.717) is 17.9 Å². The molecule has 22 heavy (non-hydrogen) atoms. The average molecular weight is 320 g/mol. The fourth-order valence-corrected chi connectivity index (χ4v) is 4.57. The highest BCUT2D eigenvalue weighted by Crippen LogP contribution is 2.49. The van der Waals surface area contributed by atoms with Gasteiger partial charge < -0.3 is 11.5 Å². The smallest absolute Gasteiger partial charge is 0.249 e. The molecule has 5 heteroatoms. The predicted octanol–water partition coefficient (Wildman–Crippen LogP) is 2.69. The van der Waals surface area contributed by atoms with Crippen LogP contribution in [0.25, 0.3) is 0 Å². The van der Waals surface area contributed by atoms with E-state index in [4.69, 9.17) is 11.5 Å². The second-order valence-corrected chi connectivity index (χ2v) is 7.09. The fourth-order valence-electron chi connectivity index (χ4n) is 3.86. The second-order valence-electron chi connectivity index (χ2n) is 6.24. The van der Waals surface area contributed by atoms with E-state index >= 15 is 0 Å². The third-order valence-electron chi connectivity index (χ3n) is 5.26. The van der Waals surface area contributed by atoms with Gasteiger partial charge in [0.2, 0.25) is 11.8 Å². The monoisotopic (exact) mass is 320 g/mol. The second kappa shape index (κ2) is 6.32. The molecule has 0 bridgehead atoms. The number of carbonyl (C=O) groups excluding carboxylic acids is 2. The van der Waals surface area contributed by atoms with Gasteiger partial charge in [0.25, 0.3) is 0 Å². The first-order valence-corrected chi connectivity index (χ1v) is 8.86. The van der Waals surface area contributed by atoms with E-state index in [2.05, 4.69) is 13.8 Å². The van der Waals surface area contributed by atoms with Gasteiger partial charge in [-0.1, -0.05) is 32.8 Å². The maximum absolute atomic E-state index is 12.5. The van der Waals surface area contributed by atoms with Crippen molar-refractivity contribution in [2.75, 3.05) is 6.26 Å². The summed E-state index contributed by atoms with van der Waals surface area (Å²) in [6.07, 6.45) is 4.61. The number of thioether (sulfide) groups is 1. The van der Waals surface area contributed by atoms with Crippen LogP contribution < -0.4 is 11.5 Å². The van der Waals surface area contributed by atoms with Crippen molar-refractivity contribution in [1.29, 1.82) is 0 Å². The maximum atomic E-state index is 12.5. The summed E-state index contributed by atoms with van der Waals surface area (Å²) >= 11 is 1.52. The average Bonchev–Trinajstić information content (AvgIpc) is 2.49. The molecule has 1 aromatic carbocycles. The molecule has 0 radical (unpaired) electrons. The van der Waals surface area contributed by atoms with Crippen molar-refractivity contribution < 1.29 is 9.59 Å². The number of hydrogen-bond donors (Lipinski definition) is 2. The Morgan fingerprint density at radius 2 is 1.95 bits per heavy atom. The van der Waals surface area contributed by atoms with E-state index in [1.165, 1.54) is 11.8 Å². The molecule has 0 saturated heterocycles. The van der Waals surface area contributed by atoms with Crippen molar-refractivity contribution in [3.63, 3.8) is 0 Å². The number of primary amides is 2. The minimum atomic E-state index is -0.818. The highest BCUT2D eigenvalue weighted by molar-refractivity contribution is 7.98. The van der Waals surface area contributed by atoms with Crippen LogP contribution in [0.1, 0.15) is 49.0 Å². The van der Waals surface area contributed by atoms with E-state index in [1.807, 2.05) is 12.3 Å². The number of nitrogens with two attached hydrogens (primary N) is 2. The fraction of sp³-hybridized carbons (Fsp3) is 0.529. The third kappa shape index (κ3) is 2.51. The van der Waals surface area contributed by atoms with Gasteiger partial charge in [0.15, 0.2) is 0 Å². The van der Waals surface area contributed by atoms with Gasteiger partial charge in [0.1, 0.15) is 0 Å². The quantitative estimate of drug-likeness (QED) is 0.836. The molecule has 1 aromatic rings. The normalized spacial score (nSPS) is 28.3. The molecular formula is C17H24N2O2S. The van der Waals surface area contributed by atoms with Crippen molar-refractivity contribution in [1.82, 2.24) is 0 Å². The maximum Gasteiger partial charge on any atom is 0.249 e. The summed E-state index contributed by atoms with van der Waals surface area (Å²) < 4.78 is 0. The molecule has 4 nitrogen and oxygen atoms in total. The molecule has 2 amide bonds. The lowest BCUT2D eigenvalue weighted by atomic mass is 9.58. The molecule has 1 saturated carbocycles. The molecule has 2 rings (SSSR count). The summed E-state index contributed by atoms with van der Waals surface area (Å²) in [5, 5.41) is 0. The van der Waals surface area contributed by atoms with E-state index in [-0.39, 0.29) is 11.8 Å². The molecule has 0 aliphatic heterocycles. The van der Waals surface area contributed by atoms with Crippen LogP contribution in [0.5, 0.6) is 0 Å². The lowest BCUT2D eigenvalue weighted by Gasteiger charge is -2.45. The summed E-state index contributed by atoms with van der Waals surface area (Å²) in [6.45, 7) is 4.21. The summed E-state index contributed by atoms with van der Waals surface area (Å²) in [5.41, 5.74) is 11.8. The summed E-state index contributed by atoms with van der Waals surface area (Å²) in [5.74, 6) is -0.408. The molecule has 0 spiro atoms. The van der Waals surface area contributed by atoms with E-state index in [0.717, 1.165) is 23.3 Å². The molecular weight excluding hydrogens is 296 g/mol. The Morgan fingerprint density at radius 3 is 2.50 bits per heavy atom. The van der Waals surface area contributed by atoms with Gasteiger partial charge >= 0.3 is 0 Å². The van der Waals surface area contributed by atoms with Crippen LogP contribution in [-0.4, -0.2) is 18.1 Å². The highest BCUT2D eigenvalue weighted by atomic mass is 32.2. The Balaban J connectivity index is 2.78. The van der Waals surface area contributed by atoms with Gasteiger partial charge in [-0.3, -0.25) is 9.59 Å². The zero-order valence-electron chi connectivity index (χ0n) is 13.4. The zero-order chi connectivity index (χ0) is 16.5. The standard InChI is InChI=1S/C17H24N2O2S/c1-10-6-5-9-17(11(10)2,16(19)21)14-12(15(18)20)7-4-8-13(14)22-3/h4,7-8,10-11H,5-6,9H2,1-3H3,(H2,18,20)(H2,19,21). The van der Waals surface area contributed by atoms with Crippen molar-refractivity contribution in [3.8, 4) is 0 Å². The van der Waals surface area contributed by atoms with Crippen LogP contribution in [0.4, 0.5) is 0 Å². The molecule has 1 aliphatic carbocycles. The van der Waals surface area contributed by atoms with Crippen molar-refractivity contribution in [2.45, 2.75) is 43.4 Å². The first-order chi connectivity index (χ1) is 10.4. The van der Waals surface area contributed by atoms with E-state index < -0.39 is 11.3 Å². The van der Waals surface area contributed by atoms with Gasteiger partial charge in [0.05, 0.1) is 5.41 Å². The van der Waals surface area contributed by atoms with E-state index in [9.17, 15) is 9.59 Å². The Kier molecular flexibility index (Phi) is 4.85. The third-order valence-corrected chi connectivity index (χ3v) is 6.04. The van der Waals surface area contributed by atoms with Crippen molar-refractivity contribution in [3.05, 3.63) is 29.3 Å². The minimum absolute atomic E-state index is 0.0742. The SMILES string of the molecule is CSc1cccc(C(N)=O)c1C1(C(N)=O)CCCC(C)C1C. The van der Waals surface area contributed by atoms with Crippen LogP contribution >= 0.6 is 11.8 Å². The number of carbonyl (C=O) groups is 2. The first kappa shape index (κ1) is 16.9. The Morgan fingerprint density at radius 1 is 1.27 bits per heavy atom. The predicted molar refractivity (Wildman–Crippen MR) is 89.8 cm³/mol. The van der Waals surface area contributed by atoms with E-state index in [1.54, 1.807) is 12.1 Å². The first-order valence-electron chi connectivity index (χ1n) is 7.63. The topological polar surface area (TPSA) is 86.2 Å². The summed E-state index contributed by atoms with van der Waals surface area (Å²) in [6, 6.07) is 5.44. The molecule has 3 unspecified atom stereocenters. The molecule has 1 fully saturated rings. The molecule has 120 valence electrons. The van der Waals surface area contributed by atoms with Gasteiger partial charge in [0, 0.05) is 10.5 Å². The van der Waals surface area contributed by atoms with Crippen molar-refractivity contribution >= 4 is 23.6 Å². The van der Waals surface area contributed by atoms with Crippen LogP contribution in [0.3, 0.4) is 0 Å². The minimum Gasteiger partial charge on any atom is -0.369 e. The molecule has 3 atom stereocenters. The van der Waals surface area contributed by atoms with Crippen LogP contribution in [0, 0.1) is 11.8 Å². The molecule has 1 aliphatic rings. The van der Waals surface area contributed by atoms with Crippen LogP contribution in [0.15, 0.2) is 23.1 Å². The Labute approximate surface area is 136 Å². The summed E-state index contributed by atoms with van der Waals surface area (Å²) in [4.78, 5) is 25.4. The van der Waals surface area contributed by atoms with Gasteiger partial charge in [-0.2, -0.15) is 0 Å².